The Labute approximate surface area is 134 Å². The first kappa shape index (κ1) is 18.6. The van der Waals surface area contributed by atoms with Crippen LogP contribution in [-0.2, 0) is 9.30 Å². The van der Waals surface area contributed by atoms with Crippen molar-refractivity contribution in [2.24, 2.45) is 0 Å². The van der Waals surface area contributed by atoms with Gasteiger partial charge in [-0.15, -0.1) is 0 Å². The van der Waals surface area contributed by atoms with Gasteiger partial charge >= 0.3 is 7.82 Å². The van der Waals surface area contributed by atoms with E-state index in [9.17, 15) is 10.2 Å². The molecule has 0 spiro atoms. The van der Waals surface area contributed by atoms with E-state index in [1.807, 2.05) is 0 Å². The van der Waals surface area contributed by atoms with Gasteiger partial charge in [-0.05, 0) is 0 Å². The lowest BCUT2D eigenvalue weighted by molar-refractivity contribution is -0.0511. The van der Waals surface area contributed by atoms with E-state index in [0.717, 1.165) is 0 Å². The summed E-state index contributed by atoms with van der Waals surface area (Å²) < 4.78 is 15.7. The minimum atomic E-state index is -4.64. The number of phosphoric acid groups is 1. The number of hydrogen-bond donors (Lipinski definition) is 7. The number of nitrogens with two attached hydrogens (primary N) is 1. The molecule has 24 heavy (non-hydrogen) atoms. The van der Waals surface area contributed by atoms with Crippen LogP contribution in [-0.4, -0.2) is 74.4 Å². The first-order chi connectivity index (χ1) is 11.1. The molecule has 8 N–H and O–H groups in total. The van der Waals surface area contributed by atoms with Crippen molar-refractivity contribution >= 4 is 24.8 Å². The molecule has 2 aromatic heterocycles. The van der Waals surface area contributed by atoms with Crippen LogP contribution in [0.15, 0.2) is 12.7 Å². The fourth-order valence-electron chi connectivity index (χ4n) is 2.17. The SMILES string of the molecule is Nc1ncnc2c1ncn2[C@@H]1O[C@H](CO)[C@@H](O)[C@@H]1O.O=P(O)(O)O. The molecule has 3 rings (SSSR count). The third-order valence-electron chi connectivity index (χ3n) is 3.18. The Balaban J connectivity index is 0.000000368. The van der Waals surface area contributed by atoms with Crippen molar-refractivity contribution in [1.29, 1.82) is 0 Å². The summed E-state index contributed by atoms with van der Waals surface area (Å²) in [5.74, 6) is 0.218. The molecule has 0 amide bonds. The van der Waals surface area contributed by atoms with Gasteiger partial charge in [0.2, 0.25) is 0 Å². The summed E-state index contributed by atoms with van der Waals surface area (Å²) in [5, 5.41) is 28.7. The zero-order valence-electron chi connectivity index (χ0n) is 12.0. The number of imidazole rings is 1. The molecule has 1 aliphatic heterocycles. The van der Waals surface area contributed by atoms with E-state index >= 15 is 0 Å². The molecule has 0 radical (unpaired) electrons. The van der Waals surface area contributed by atoms with E-state index in [-0.39, 0.29) is 5.82 Å². The Morgan fingerprint density at radius 3 is 2.38 bits per heavy atom. The molecular formula is C10H16N5O8P. The number of rotatable bonds is 2. The van der Waals surface area contributed by atoms with Gasteiger partial charge in [-0.2, -0.15) is 0 Å². The molecule has 0 aromatic carbocycles. The smallest absolute Gasteiger partial charge is 0.394 e. The molecule has 1 aliphatic rings. The van der Waals surface area contributed by atoms with Crippen molar-refractivity contribution in [1.82, 2.24) is 19.5 Å². The van der Waals surface area contributed by atoms with Crippen LogP contribution in [0, 0.1) is 0 Å². The maximum absolute atomic E-state index is 9.95. The number of ether oxygens (including phenoxy) is 1. The fourth-order valence-corrected chi connectivity index (χ4v) is 2.17. The number of aromatic nitrogens is 4. The standard InChI is InChI=1S/C10H13N5O4.H3O4P/c11-8-5-9(13-2-12-8)15(3-14-5)10-7(18)6(17)4(1-16)19-10;1-5(2,3)4/h2-4,6-7,10,16-18H,1H2,(H2,11,12,13);(H3,1,2,3,4)/t4-,6-,7+,10-;/m1./s1. The van der Waals surface area contributed by atoms with Crippen LogP contribution in [0.3, 0.4) is 0 Å². The first-order valence-electron chi connectivity index (χ1n) is 6.47. The van der Waals surface area contributed by atoms with Crippen LogP contribution in [0.2, 0.25) is 0 Å². The van der Waals surface area contributed by atoms with E-state index in [4.69, 9.17) is 34.8 Å². The zero-order chi connectivity index (χ0) is 18.1. The van der Waals surface area contributed by atoms with Gasteiger partial charge < -0.3 is 40.5 Å². The third-order valence-corrected chi connectivity index (χ3v) is 3.18. The second-order valence-corrected chi connectivity index (χ2v) is 5.85. The zero-order valence-corrected chi connectivity index (χ0v) is 12.9. The maximum Gasteiger partial charge on any atom is 0.466 e. The van der Waals surface area contributed by atoms with Crippen LogP contribution >= 0.6 is 7.82 Å². The quantitative estimate of drug-likeness (QED) is 0.266. The molecule has 1 fully saturated rings. The number of nitrogens with zero attached hydrogens (tertiary/aromatic N) is 4. The van der Waals surface area contributed by atoms with E-state index in [2.05, 4.69) is 15.0 Å². The highest BCUT2D eigenvalue weighted by Crippen LogP contribution is 2.31. The normalized spacial score (nSPS) is 27.1. The first-order valence-corrected chi connectivity index (χ1v) is 8.03. The lowest BCUT2D eigenvalue weighted by Gasteiger charge is -2.16. The molecule has 0 saturated carbocycles. The second-order valence-electron chi connectivity index (χ2n) is 4.83. The summed E-state index contributed by atoms with van der Waals surface area (Å²) in [6.07, 6.45) is -1.42. The summed E-state index contributed by atoms with van der Waals surface area (Å²) in [7, 11) is -4.64. The van der Waals surface area contributed by atoms with Crippen LogP contribution in [0.4, 0.5) is 5.82 Å². The molecule has 4 atom stereocenters. The van der Waals surface area contributed by atoms with E-state index in [0.29, 0.717) is 11.2 Å². The van der Waals surface area contributed by atoms with Crippen molar-refractivity contribution in [3.8, 4) is 0 Å². The topological polar surface area (TPSA) is 217 Å². The molecule has 1 saturated heterocycles. The van der Waals surface area contributed by atoms with Gasteiger partial charge in [-0.3, -0.25) is 4.57 Å². The van der Waals surface area contributed by atoms with Gasteiger partial charge in [0.25, 0.3) is 0 Å². The van der Waals surface area contributed by atoms with Crippen molar-refractivity contribution in [2.75, 3.05) is 12.3 Å². The number of anilines is 1. The number of fused-ring (bicyclic) bond motifs is 1. The monoisotopic (exact) mass is 365 g/mol. The van der Waals surface area contributed by atoms with Crippen LogP contribution in [0.1, 0.15) is 6.23 Å². The van der Waals surface area contributed by atoms with E-state index < -0.39 is 39.0 Å². The summed E-state index contributed by atoms with van der Waals surface area (Å²) >= 11 is 0. The van der Waals surface area contributed by atoms with E-state index in [1.54, 1.807) is 0 Å². The Hall–Kier alpha value is -1.70. The highest BCUT2D eigenvalue weighted by Gasteiger charge is 2.43. The molecular weight excluding hydrogens is 349 g/mol. The largest absolute Gasteiger partial charge is 0.466 e. The Morgan fingerprint density at radius 2 is 1.83 bits per heavy atom. The van der Waals surface area contributed by atoms with Crippen molar-refractivity contribution < 1.29 is 39.3 Å². The molecule has 3 heterocycles. The molecule has 0 unspecified atom stereocenters. The Bertz CT molecular complexity index is 742. The summed E-state index contributed by atoms with van der Waals surface area (Å²) in [4.78, 5) is 33.5. The second kappa shape index (κ2) is 7.04. The van der Waals surface area contributed by atoms with Gasteiger partial charge in [0.15, 0.2) is 17.7 Å². The lowest BCUT2D eigenvalue weighted by atomic mass is 10.1. The van der Waals surface area contributed by atoms with Crippen molar-refractivity contribution in [2.45, 2.75) is 24.5 Å². The number of aliphatic hydroxyl groups excluding tert-OH is 3. The average molecular weight is 365 g/mol. The van der Waals surface area contributed by atoms with Crippen LogP contribution < -0.4 is 5.73 Å². The summed E-state index contributed by atoms with van der Waals surface area (Å²) in [5.41, 5.74) is 6.44. The van der Waals surface area contributed by atoms with Crippen molar-refractivity contribution in [3.05, 3.63) is 12.7 Å². The average Bonchev–Trinajstić information content (AvgIpc) is 3.01. The third kappa shape index (κ3) is 4.03. The number of aliphatic hydroxyl groups is 3. The minimum absolute atomic E-state index is 0.218. The highest BCUT2D eigenvalue weighted by molar-refractivity contribution is 7.45. The molecule has 2 aromatic rings. The Kier molecular flexibility index (Phi) is 5.47. The number of hydrogen-bond acceptors (Lipinski definition) is 9. The molecule has 134 valence electrons. The number of nitrogen functional groups attached to an aromatic ring is 1. The molecule has 0 aliphatic carbocycles. The molecule has 14 heteroatoms. The minimum Gasteiger partial charge on any atom is -0.394 e. The van der Waals surface area contributed by atoms with E-state index in [1.165, 1.54) is 17.2 Å². The summed E-state index contributed by atoms with van der Waals surface area (Å²) in [6, 6.07) is 0. The predicted molar refractivity (Wildman–Crippen MR) is 77.0 cm³/mol. The van der Waals surface area contributed by atoms with Crippen LogP contribution in [0.25, 0.3) is 11.2 Å². The van der Waals surface area contributed by atoms with Gasteiger partial charge in [0.1, 0.15) is 30.2 Å². The predicted octanol–water partition coefficient (Wildman–Crippen LogP) is -2.91. The maximum atomic E-state index is 9.95. The van der Waals surface area contributed by atoms with Crippen LogP contribution in [0.5, 0.6) is 0 Å². The fraction of sp³-hybridized carbons (Fsp3) is 0.500. The van der Waals surface area contributed by atoms with Gasteiger partial charge in [0, 0.05) is 0 Å². The van der Waals surface area contributed by atoms with Gasteiger partial charge in [-0.1, -0.05) is 0 Å². The van der Waals surface area contributed by atoms with Crippen molar-refractivity contribution in [3.63, 3.8) is 0 Å². The van der Waals surface area contributed by atoms with Gasteiger partial charge in [-0.25, -0.2) is 19.5 Å². The molecule has 0 bridgehead atoms. The highest BCUT2D eigenvalue weighted by atomic mass is 31.2. The van der Waals surface area contributed by atoms with Gasteiger partial charge in [0.05, 0.1) is 12.9 Å². The lowest BCUT2D eigenvalue weighted by Crippen LogP contribution is -2.33. The summed E-state index contributed by atoms with van der Waals surface area (Å²) in [6.45, 7) is -0.390. The Morgan fingerprint density at radius 1 is 1.21 bits per heavy atom. The molecule has 13 nitrogen and oxygen atoms in total.